The minimum atomic E-state index is 0.365. The molecule has 0 spiro atoms. The van der Waals surface area contributed by atoms with Crippen LogP contribution in [0.1, 0.15) is 11.1 Å². The van der Waals surface area contributed by atoms with Crippen molar-refractivity contribution in [2.24, 2.45) is 0 Å². The zero-order chi connectivity index (χ0) is 49.0. The van der Waals surface area contributed by atoms with Crippen LogP contribution < -0.4 is 0 Å². The first-order chi connectivity index (χ1) is 36.6. The summed E-state index contributed by atoms with van der Waals surface area (Å²) in [4.78, 5) is 15.6. The lowest BCUT2D eigenvalue weighted by Crippen LogP contribution is -2.04. The van der Waals surface area contributed by atoms with Gasteiger partial charge in [0, 0.05) is 95.5 Å². The van der Waals surface area contributed by atoms with Crippen molar-refractivity contribution in [3.63, 3.8) is 0 Å². The standard InChI is InChI=1S/C65H35N7S2/c66-36-39-16-4-5-17-43(39)52-35-42(72-54-23-11-7-21-51(54)60-56(72)33-31-48-46-19-9-13-25-58(46)74-62(48)60)27-29-49(52)65-69-63(38-14-2-1-3-15-38)68-64(70-65)44-28-26-41(34-40(44)37-67)71-53-22-10-6-20-50(53)59-55(71)32-30-47-45-18-8-12-24-57(45)73-61(47)59/h1-35H. The molecule has 0 aliphatic heterocycles. The quantitative estimate of drug-likeness (QED) is 0.165. The van der Waals surface area contributed by atoms with E-state index in [1.807, 2.05) is 89.4 Å². The molecule has 5 aromatic heterocycles. The van der Waals surface area contributed by atoms with Crippen molar-refractivity contribution in [2.45, 2.75) is 0 Å². The van der Waals surface area contributed by atoms with E-state index in [0.717, 1.165) is 61.1 Å². The van der Waals surface area contributed by atoms with Crippen molar-refractivity contribution in [1.82, 2.24) is 24.1 Å². The molecule has 0 unspecified atom stereocenters. The third kappa shape index (κ3) is 6.25. The van der Waals surface area contributed by atoms with E-state index < -0.39 is 0 Å². The van der Waals surface area contributed by atoms with Crippen LogP contribution in [0.2, 0.25) is 0 Å². The maximum atomic E-state index is 11.1. The molecule has 0 fully saturated rings. The summed E-state index contributed by atoms with van der Waals surface area (Å²) in [6.45, 7) is 0. The Kier molecular flexibility index (Phi) is 9.29. The molecule has 0 bridgehead atoms. The summed E-state index contributed by atoms with van der Waals surface area (Å²) in [5.74, 6) is 1.25. The second-order valence-electron chi connectivity index (χ2n) is 18.5. The van der Waals surface area contributed by atoms with Crippen LogP contribution in [0, 0.1) is 22.7 Å². The summed E-state index contributed by atoms with van der Waals surface area (Å²) < 4.78 is 9.60. The minimum absolute atomic E-state index is 0.365. The van der Waals surface area contributed by atoms with Crippen molar-refractivity contribution in [1.29, 1.82) is 10.5 Å². The van der Waals surface area contributed by atoms with Crippen LogP contribution >= 0.6 is 22.7 Å². The molecule has 0 radical (unpaired) electrons. The van der Waals surface area contributed by atoms with Gasteiger partial charge in [0.1, 0.15) is 0 Å². The van der Waals surface area contributed by atoms with Gasteiger partial charge in [-0.2, -0.15) is 10.5 Å². The van der Waals surface area contributed by atoms with Crippen LogP contribution in [0.4, 0.5) is 0 Å². The van der Waals surface area contributed by atoms with Crippen molar-refractivity contribution in [2.75, 3.05) is 0 Å². The van der Waals surface area contributed by atoms with Gasteiger partial charge in [0.2, 0.25) is 0 Å². The number of hydrogen-bond acceptors (Lipinski definition) is 7. The number of aromatic nitrogens is 5. The van der Waals surface area contributed by atoms with E-state index in [9.17, 15) is 10.5 Å². The molecule has 0 atom stereocenters. The van der Waals surface area contributed by atoms with Crippen LogP contribution in [0.25, 0.3) is 141 Å². The smallest absolute Gasteiger partial charge is 0.165 e. The molecular weight excluding hydrogens is 943 g/mol. The lowest BCUT2D eigenvalue weighted by molar-refractivity contribution is 1.07. The molecule has 7 nitrogen and oxygen atoms in total. The predicted octanol–water partition coefficient (Wildman–Crippen LogP) is 17.2. The Hall–Kier alpha value is -9.77. The molecular formula is C65H35N7S2. The zero-order valence-electron chi connectivity index (χ0n) is 39.2. The van der Waals surface area contributed by atoms with E-state index >= 15 is 0 Å². The van der Waals surface area contributed by atoms with E-state index in [1.54, 1.807) is 0 Å². The topological polar surface area (TPSA) is 96.1 Å². The van der Waals surface area contributed by atoms with Gasteiger partial charge in [-0.1, -0.05) is 133 Å². The molecule has 74 heavy (non-hydrogen) atoms. The fourth-order valence-corrected chi connectivity index (χ4v) is 13.7. The highest BCUT2D eigenvalue weighted by atomic mass is 32.1. The largest absolute Gasteiger partial charge is 0.309 e. The number of fused-ring (bicyclic) bond motifs is 14. The number of para-hydroxylation sites is 2. The number of thiophene rings is 2. The molecule has 0 saturated heterocycles. The lowest BCUT2D eigenvalue weighted by atomic mass is 9.94. The van der Waals surface area contributed by atoms with Crippen LogP contribution in [0.3, 0.4) is 0 Å². The molecule has 15 aromatic rings. The Bertz CT molecular complexity index is 4950. The SMILES string of the molecule is N#Cc1cc(-n2c3ccccc3c3c4sc5ccccc5c4ccc32)ccc1-c1nc(-c2ccccc2)nc(-c2ccc(-n3c4ccccc4c4c5sc6ccccc6c5ccc43)cc2-c2ccccc2C#N)n1. The van der Waals surface area contributed by atoms with Crippen molar-refractivity contribution >= 4 is 107 Å². The normalized spacial score (nSPS) is 11.8. The molecule has 0 amide bonds. The van der Waals surface area contributed by atoms with E-state index in [1.165, 1.54) is 56.5 Å². The molecule has 0 aliphatic carbocycles. The molecule has 0 N–H and O–H groups in total. The summed E-state index contributed by atoms with van der Waals surface area (Å²) in [7, 11) is 0. The molecule has 342 valence electrons. The highest BCUT2D eigenvalue weighted by Gasteiger charge is 2.24. The number of nitriles is 2. The second-order valence-corrected chi connectivity index (χ2v) is 20.6. The molecule has 0 aliphatic rings. The van der Waals surface area contributed by atoms with Gasteiger partial charge < -0.3 is 9.13 Å². The van der Waals surface area contributed by atoms with Crippen molar-refractivity contribution in [3.05, 3.63) is 223 Å². The molecule has 0 saturated carbocycles. The van der Waals surface area contributed by atoms with Crippen molar-refractivity contribution < 1.29 is 0 Å². The first-order valence-corrected chi connectivity index (χ1v) is 25.9. The van der Waals surface area contributed by atoms with E-state index in [2.05, 4.69) is 167 Å². The molecule has 5 heterocycles. The van der Waals surface area contributed by atoms with E-state index in [4.69, 9.17) is 15.0 Å². The fraction of sp³-hybridized carbons (Fsp3) is 0. The molecule has 10 aromatic carbocycles. The van der Waals surface area contributed by atoms with E-state index in [-0.39, 0.29) is 0 Å². The van der Waals surface area contributed by atoms with Gasteiger partial charge in [0.05, 0.1) is 45.3 Å². The summed E-state index contributed by atoms with van der Waals surface area (Å²) in [6, 6.07) is 78.1. The van der Waals surface area contributed by atoms with Crippen LogP contribution in [0.5, 0.6) is 0 Å². The maximum absolute atomic E-state index is 11.1. The number of hydrogen-bond donors (Lipinski definition) is 0. The third-order valence-corrected chi connectivity index (χ3v) is 16.9. The Morgan fingerprint density at radius 2 is 0.824 bits per heavy atom. The fourth-order valence-electron chi connectivity index (χ4n) is 11.2. The Morgan fingerprint density at radius 1 is 0.338 bits per heavy atom. The van der Waals surface area contributed by atoms with Gasteiger partial charge in [0.15, 0.2) is 17.5 Å². The van der Waals surface area contributed by atoms with Crippen LogP contribution in [0.15, 0.2) is 212 Å². The van der Waals surface area contributed by atoms with Gasteiger partial charge in [-0.3, -0.25) is 0 Å². The maximum Gasteiger partial charge on any atom is 0.165 e. The highest BCUT2D eigenvalue weighted by molar-refractivity contribution is 7.27. The van der Waals surface area contributed by atoms with Gasteiger partial charge >= 0.3 is 0 Å². The first-order valence-electron chi connectivity index (χ1n) is 24.3. The van der Waals surface area contributed by atoms with Gasteiger partial charge in [0.25, 0.3) is 0 Å². The number of rotatable bonds is 6. The monoisotopic (exact) mass is 977 g/mol. The second kappa shape index (κ2) is 16.4. The van der Waals surface area contributed by atoms with Crippen molar-refractivity contribution in [3.8, 4) is 68.8 Å². The number of nitrogens with zero attached hydrogens (tertiary/aromatic N) is 7. The zero-order valence-corrected chi connectivity index (χ0v) is 40.8. The highest BCUT2D eigenvalue weighted by Crippen LogP contribution is 2.46. The Balaban J connectivity index is 0.935. The average Bonchev–Trinajstić information content (AvgIpc) is 4.27. The average molecular weight is 978 g/mol. The number of benzene rings is 10. The van der Waals surface area contributed by atoms with Crippen LogP contribution in [-0.4, -0.2) is 24.1 Å². The van der Waals surface area contributed by atoms with E-state index in [0.29, 0.717) is 34.2 Å². The van der Waals surface area contributed by atoms with Gasteiger partial charge in [-0.05, 0) is 84.4 Å². The lowest BCUT2D eigenvalue weighted by Gasteiger charge is -2.16. The van der Waals surface area contributed by atoms with Gasteiger partial charge in [-0.15, -0.1) is 22.7 Å². The Morgan fingerprint density at radius 3 is 1.43 bits per heavy atom. The Labute approximate surface area is 431 Å². The summed E-state index contributed by atoms with van der Waals surface area (Å²) in [6.07, 6.45) is 0. The van der Waals surface area contributed by atoms with Crippen LogP contribution in [-0.2, 0) is 0 Å². The summed E-state index contributed by atoms with van der Waals surface area (Å²) >= 11 is 3.65. The minimum Gasteiger partial charge on any atom is -0.309 e. The van der Waals surface area contributed by atoms with Gasteiger partial charge in [-0.25, -0.2) is 15.0 Å². The predicted molar refractivity (Wildman–Crippen MR) is 305 cm³/mol. The first kappa shape index (κ1) is 42.0. The summed E-state index contributed by atoms with van der Waals surface area (Å²) in [5, 5.41) is 31.4. The molecule has 15 rings (SSSR count). The molecule has 9 heteroatoms. The summed E-state index contributed by atoms with van der Waals surface area (Å²) in [5.41, 5.74) is 10.7. The third-order valence-electron chi connectivity index (χ3n) is 14.5.